The maximum Gasteiger partial charge on any atom is 0.150 e. The van der Waals surface area contributed by atoms with Crippen LogP contribution in [0.15, 0.2) is 29.2 Å². The molecule has 0 aliphatic heterocycles. The highest BCUT2D eigenvalue weighted by atomic mass is 32.2. The smallest absolute Gasteiger partial charge is 0.150 e. The van der Waals surface area contributed by atoms with Crippen molar-refractivity contribution in [2.45, 2.75) is 11.5 Å². The van der Waals surface area contributed by atoms with Crippen molar-refractivity contribution in [2.75, 3.05) is 11.7 Å². The predicted molar refractivity (Wildman–Crippen MR) is 70.3 cm³/mol. The van der Waals surface area contributed by atoms with E-state index in [1.54, 1.807) is 11.8 Å². The summed E-state index contributed by atoms with van der Waals surface area (Å²) < 4.78 is 9.39. The molecule has 3 N–H and O–H groups in total. The standard InChI is InChI=1S/C10H12N4OS2/c1-16-8-4-2-7(3-5-8)15-6-9-10(12-11)17-14-13-9/h2-5,12H,6,11H2,1H3. The highest BCUT2D eigenvalue weighted by Crippen LogP contribution is 2.21. The van der Waals surface area contributed by atoms with Crippen molar-refractivity contribution in [1.82, 2.24) is 9.59 Å². The maximum absolute atomic E-state index is 5.59. The molecule has 0 saturated carbocycles. The molecule has 1 aromatic carbocycles. The van der Waals surface area contributed by atoms with Crippen molar-refractivity contribution in [2.24, 2.45) is 5.84 Å². The normalized spacial score (nSPS) is 10.2. The van der Waals surface area contributed by atoms with Crippen molar-refractivity contribution in [3.05, 3.63) is 30.0 Å². The number of nitrogen functional groups attached to an aromatic ring is 1. The van der Waals surface area contributed by atoms with Crippen LogP contribution < -0.4 is 16.0 Å². The average molecular weight is 268 g/mol. The summed E-state index contributed by atoms with van der Waals surface area (Å²) in [5.41, 5.74) is 3.25. The molecule has 0 spiro atoms. The van der Waals surface area contributed by atoms with Gasteiger partial charge >= 0.3 is 0 Å². The molecule has 5 nitrogen and oxygen atoms in total. The molecule has 2 rings (SSSR count). The van der Waals surface area contributed by atoms with Gasteiger partial charge in [0.15, 0.2) is 5.00 Å². The van der Waals surface area contributed by atoms with Crippen LogP contribution in [0, 0.1) is 0 Å². The van der Waals surface area contributed by atoms with E-state index in [0.29, 0.717) is 12.3 Å². The number of nitrogens with one attached hydrogen (secondary N) is 1. The monoisotopic (exact) mass is 268 g/mol. The number of hydrogen-bond donors (Lipinski definition) is 2. The van der Waals surface area contributed by atoms with Crippen molar-refractivity contribution in [3.63, 3.8) is 0 Å². The number of anilines is 1. The average Bonchev–Trinajstić information content (AvgIpc) is 2.84. The third-order valence-corrected chi connectivity index (χ3v) is 3.56. The minimum atomic E-state index is 0.356. The molecule has 0 amide bonds. The van der Waals surface area contributed by atoms with Gasteiger partial charge in [0.1, 0.15) is 18.1 Å². The van der Waals surface area contributed by atoms with E-state index in [1.165, 1.54) is 16.4 Å². The van der Waals surface area contributed by atoms with Gasteiger partial charge in [-0.25, -0.2) is 5.84 Å². The van der Waals surface area contributed by atoms with Crippen LogP contribution in [0.25, 0.3) is 0 Å². The molecule has 0 aliphatic carbocycles. The third-order valence-electron chi connectivity index (χ3n) is 2.12. The number of ether oxygens (including phenoxy) is 1. The van der Waals surface area contributed by atoms with Crippen LogP contribution in [0.2, 0.25) is 0 Å². The molecule has 0 bridgehead atoms. The Morgan fingerprint density at radius 2 is 2.18 bits per heavy atom. The second kappa shape index (κ2) is 5.85. The topological polar surface area (TPSA) is 73.1 Å². The van der Waals surface area contributed by atoms with Crippen LogP contribution in [0.5, 0.6) is 5.75 Å². The zero-order valence-electron chi connectivity index (χ0n) is 9.21. The quantitative estimate of drug-likeness (QED) is 0.491. The van der Waals surface area contributed by atoms with E-state index in [9.17, 15) is 0 Å². The number of rotatable bonds is 5. The number of hydrazine groups is 1. The lowest BCUT2D eigenvalue weighted by atomic mass is 10.3. The van der Waals surface area contributed by atoms with Crippen LogP contribution in [0.1, 0.15) is 5.69 Å². The molecule has 17 heavy (non-hydrogen) atoms. The molecule has 0 atom stereocenters. The van der Waals surface area contributed by atoms with Crippen molar-refractivity contribution >= 4 is 28.3 Å². The minimum Gasteiger partial charge on any atom is -0.487 e. The number of thioether (sulfide) groups is 1. The summed E-state index contributed by atoms with van der Waals surface area (Å²) in [7, 11) is 0. The van der Waals surface area contributed by atoms with Gasteiger partial charge in [-0.3, -0.25) is 0 Å². The van der Waals surface area contributed by atoms with Crippen LogP contribution in [-0.2, 0) is 6.61 Å². The van der Waals surface area contributed by atoms with Crippen molar-refractivity contribution < 1.29 is 4.74 Å². The summed E-state index contributed by atoms with van der Waals surface area (Å²) in [6, 6.07) is 7.89. The lowest BCUT2D eigenvalue weighted by Gasteiger charge is -2.05. The van der Waals surface area contributed by atoms with E-state index in [0.717, 1.165) is 10.8 Å². The lowest BCUT2D eigenvalue weighted by molar-refractivity contribution is 0.301. The Morgan fingerprint density at radius 1 is 1.41 bits per heavy atom. The number of nitrogens with two attached hydrogens (primary N) is 1. The Morgan fingerprint density at radius 3 is 2.82 bits per heavy atom. The predicted octanol–water partition coefficient (Wildman–Crippen LogP) is 2.12. The van der Waals surface area contributed by atoms with Crippen LogP contribution in [0.4, 0.5) is 5.00 Å². The van der Waals surface area contributed by atoms with E-state index in [-0.39, 0.29) is 0 Å². The molecule has 1 aromatic heterocycles. The largest absolute Gasteiger partial charge is 0.487 e. The summed E-state index contributed by atoms with van der Waals surface area (Å²) in [5.74, 6) is 6.13. The second-order valence-corrected chi connectivity index (χ2v) is 4.79. The first kappa shape index (κ1) is 12.2. The number of hydrogen-bond acceptors (Lipinski definition) is 7. The fraction of sp³-hybridized carbons (Fsp3) is 0.200. The second-order valence-electron chi connectivity index (χ2n) is 3.16. The van der Waals surface area contributed by atoms with Gasteiger partial charge in [0.2, 0.25) is 0 Å². The van der Waals surface area contributed by atoms with E-state index in [1.807, 2.05) is 30.5 Å². The molecule has 2 aromatic rings. The molecule has 7 heteroatoms. The Bertz CT molecular complexity index is 471. The maximum atomic E-state index is 5.59. The van der Waals surface area contributed by atoms with Gasteiger partial charge in [0.05, 0.1) is 0 Å². The Balaban J connectivity index is 1.97. The van der Waals surface area contributed by atoms with Gasteiger partial charge in [-0.1, -0.05) is 4.49 Å². The fourth-order valence-corrected chi connectivity index (χ4v) is 2.12. The number of nitrogens with zero attached hydrogens (tertiary/aromatic N) is 2. The van der Waals surface area contributed by atoms with E-state index in [4.69, 9.17) is 10.6 Å². The molecular formula is C10H12N4OS2. The van der Waals surface area contributed by atoms with Gasteiger partial charge in [-0.15, -0.1) is 16.9 Å². The molecular weight excluding hydrogens is 256 g/mol. The Kier molecular flexibility index (Phi) is 4.18. The summed E-state index contributed by atoms with van der Waals surface area (Å²) in [4.78, 5) is 1.21. The van der Waals surface area contributed by atoms with E-state index < -0.39 is 0 Å². The highest BCUT2D eigenvalue weighted by molar-refractivity contribution is 7.98. The first-order valence-corrected chi connectivity index (χ1v) is 6.88. The molecule has 0 saturated heterocycles. The third kappa shape index (κ3) is 3.09. The van der Waals surface area contributed by atoms with Crippen molar-refractivity contribution in [3.8, 4) is 5.75 Å². The number of aromatic nitrogens is 2. The SMILES string of the molecule is CSc1ccc(OCc2nnsc2NN)cc1. The van der Waals surface area contributed by atoms with Gasteiger partial charge in [-0.2, -0.15) is 0 Å². The minimum absolute atomic E-state index is 0.356. The molecule has 0 fully saturated rings. The van der Waals surface area contributed by atoms with Crippen LogP contribution >= 0.6 is 23.3 Å². The zero-order chi connectivity index (χ0) is 12.1. The van der Waals surface area contributed by atoms with E-state index >= 15 is 0 Å². The van der Waals surface area contributed by atoms with Gasteiger partial charge < -0.3 is 10.2 Å². The summed E-state index contributed by atoms with van der Waals surface area (Å²) >= 11 is 2.91. The first-order chi connectivity index (χ1) is 8.33. The van der Waals surface area contributed by atoms with Gasteiger partial charge in [0.25, 0.3) is 0 Å². The van der Waals surface area contributed by atoms with Gasteiger partial charge in [-0.05, 0) is 30.5 Å². The van der Waals surface area contributed by atoms with Crippen LogP contribution in [0.3, 0.4) is 0 Å². The van der Waals surface area contributed by atoms with E-state index in [2.05, 4.69) is 15.0 Å². The lowest BCUT2D eigenvalue weighted by Crippen LogP contribution is -2.08. The molecule has 0 radical (unpaired) electrons. The van der Waals surface area contributed by atoms with Crippen LogP contribution in [-0.4, -0.2) is 15.8 Å². The zero-order valence-corrected chi connectivity index (χ0v) is 10.8. The summed E-state index contributed by atoms with van der Waals surface area (Å²) in [6.07, 6.45) is 2.04. The fourth-order valence-electron chi connectivity index (χ4n) is 1.24. The Hall–Kier alpha value is -1.31. The van der Waals surface area contributed by atoms with Gasteiger partial charge in [0, 0.05) is 16.4 Å². The molecule has 0 aliphatic rings. The molecule has 90 valence electrons. The summed E-state index contributed by atoms with van der Waals surface area (Å²) in [6.45, 7) is 0.356. The number of benzene rings is 1. The van der Waals surface area contributed by atoms with Crippen molar-refractivity contribution in [1.29, 1.82) is 0 Å². The first-order valence-electron chi connectivity index (χ1n) is 4.88. The molecule has 1 heterocycles. The highest BCUT2D eigenvalue weighted by Gasteiger charge is 2.07. The Labute approximate surface area is 108 Å². The molecule has 0 unspecified atom stereocenters. The summed E-state index contributed by atoms with van der Waals surface area (Å²) in [5, 5.41) is 4.66.